The average Bonchev–Trinajstić information content (AvgIpc) is 2.37. The van der Waals surface area contributed by atoms with Crippen molar-refractivity contribution < 1.29 is 5.11 Å². The minimum atomic E-state index is -0.414. The van der Waals surface area contributed by atoms with Crippen molar-refractivity contribution in [2.45, 2.75) is 58.1 Å². The highest BCUT2D eigenvalue weighted by Crippen LogP contribution is 2.26. The molecule has 0 amide bonds. The predicted molar refractivity (Wildman–Crippen MR) is 83.1 cm³/mol. The Morgan fingerprint density at radius 1 is 1.21 bits per heavy atom. The SMILES string of the molecule is CCCCCC[C@H](Nc1cccc(N)c1N)[C@@H](C)O. The van der Waals surface area contributed by atoms with Gasteiger partial charge in [0.2, 0.25) is 0 Å². The number of rotatable bonds is 8. The molecule has 1 aromatic rings. The lowest BCUT2D eigenvalue weighted by molar-refractivity contribution is 0.166. The van der Waals surface area contributed by atoms with Crippen LogP contribution in [-0.4, -0.2) is 17.3 Å². The summed E-state index contributed by atoms with van der Waals surface area (Å²) in [4.78, 5) is 0. The maximum absolute atomic E-state index is 9.86. The average molecular weight is 265 g/mol. The summed E-state index contributed by atoms with van der Waals surface area (Å²) in [5, 5.41) is 13.2. The van der Waals surface area contributed by atoms with Gasteiger partial charge in [-0.05, 0) is 25.5 Å². The smallest absolute Gasteiger partial charge is 0.0783 e. The van der Waals surface area contributed by atoms with Crippen LogP contribution in [0.5, 0.6) is 0 Å². The Hall–Kier alpha value is -1.42. The third-order valence-corrected chi connectivity index (χ3v) is 3.43. The van der Waals surface area contributed by atoms with E-state index in [1.807, 2.05) is 12.1 Å². The van der Waals surface area contributed by atoms with Crippen molar-refractivity contribution in [3.8, 4) is 0 Å². The van der Waals surface area contributed by atoms with Crippen LogP contribution in [0, 0.1) is 0 Å². The standard InChI is InChI=1S/C15H27N3O/c1-3-4-5-6-9-13(11(2)19)18-14-10-7-8-12(16)15(14)17/h7-8,10-11,13,18-19H,3-6,9,16-17H2,1-2H3/t11-,13+/m1/s1. The minimum Gasteiger partial charge on any atom is -0.397 e. The lowest BCUT2D eigenvalue weighted by Gasteiger charge is -2.24. The summed E-state index contributed by atoms with van der Waals surface area (Å²) in [5.74, 6) is 0. The van der Waals surface area contributed by atoms with E-state index in [4.69, 9.17) is 11.5 Å². The van der Waals surface area contributed by atoms with E-state index in [1.165, 1.54) is 19.3 Å². The summed E-state index contributed by atoms with van der Waals surface area (Å²) in [6, 6.07) is 5.55. The Balaban J connectivity index is 2.60. The molecule has 0 spiro atoms. The summed E-state index contributed by atoms with van der Waals surface area (Å²) in [6.07, 6.45) is 5.29. The molecule has 1 aromatic carbocycles. The maximum atomic E-state index is 9.86. The van der Waals surface area contributed by atoms with Gasteiger partial charge in [0.1, 0.15) is 0 Å². The summed E-state index contributed by atoms with van der Waals surface area (Å²) in [7, 11) is 0. The second-order valence-electron chi connectivity index (χ2n) is 5.15. The predicted octanol–water partition coefficient (Wildman–Crippen LogP) is 2.98. The van der Waals surface area contributed by atoms with Crippen LogP contribution in [-0.2, 0) is 0 Å². The van der Waals surface area contributed by atoms with E-state index in [2.05, 4.69) is 12.2 Å². The fourth-order valence-electron chi connectivity index (χ4n) is 2.13. The van der Waals surface area contributed by atoms with Gasteiger partial charge in [-0.3, -0.25) is 0 Å². The number of nitrogen functional groups attached to an aromatic ring is 2. The van der Waals surface area contributed by atoms with E-state index in [9.17, 15) is 5.11 Å². The van der Waals surface area contributed by atoms with Crippen LogP contribution in [0.4, 0.5) is 17.1 Å². The molecular formula is C15H27N3O. The molecule has 0 aliphatic rings. The summed E-state index contributed by atoms with van der Waals surface area (Å²) in [6.45, 7) is 4.00. The van der Waals surface area contributed by atoms with Crippen LogP contribution in [0.15, 0.2) is 18.2 Å². The number of aliphatic hydroxyl groups is 1. The quantitative estimate of drug-likeness (QED) is 0.430. The number of hydrogen-bond acceptors (Lipinski definition) is 4. The zero-order valence-electron chi connectivity index (χ0n) is 12.0. The molecule has 0 aromatic heterocycles. The van der Waals surface area contributed by atoms with Gasteiger partial charge in [-0.2, -0.15) is 0 Å². The van der Waals surface area contributed by atoms with Crippen LogP contribution in [0.3, 0.4) is 0 Å². The van der Waals surface area contributed by atoms with Crippen LogP contribution in [0.1, 0.15) is 46.0 Å². The molecule has 2 atom stereocenters. The molecule has 0 aliphatic heterocycles. The number of anilines is 3. The Kier molecular flexibility index (Phi) is 6.50. The first-order chi connectivity index (χ1) is 9.06. The number of benzene rings is 1. The van der Waals surface area contributed by atoms with Gasteiger partial charge < -0.3 is 21.9 Å². The van der Waals surface area contributed by atoms with E-state index in [0.717, 1.165) is 18.5 Å². The highest BCUT2D eigenvalue weighted by Gasteiger charge is 2.15. The van der Waals surface area contributed by atoms with Crippen molar-refractivity contribution in [2.24, 2.45) is 0 Å². The first-order valence-electron chi connectivity index (χ1n) is 7.14. The molecule has 4 nitrogen and oxygen atoms in total. The zero-order valence-corrected chi connectivity index (χ0v) is 12.0. The van der Waals surface area contributed by atoms with Gasteiger partial charge in [-0.1, -0.05) is 38.7 Å². The lowest BCUT2D eigenvalue weighted by atomic mass is 10.0. The van der Waals surface area contributed by atoms with Crippen LogP contribution < -0.4 is 16.8 Å². The van der Waals surface area contributed by atoms with Crippen LogP contribution >= 0.6 is 0 Å². The molecule has 19 heavy (non-hydrogen) atoms. The molecule has 1 rings (SSSR count). The van der Waals surface area contributed by atoms with Crippen LogP contribution in [0.2, 0.25) is 0 Å². The molecule has 0 saturated heterocycles. The Morgan fingerprint density at radius 2 is 1.95 bits per heavy atom. The van der Waals surface area contributed by atoms with Crippen LogP contribution in [0.25, 0.3) is 0 Å². The lowest BCUT2D eigenvalue weighted by Crippen LogP contribution is -2.31. The first-order valence-corrected chi connectivity index (χ1v) is 7.14. The molecule has 6 N–H and O–H groups in total. The first kappa shape index (κ1) is 15.6. The van der Waals surface area contributed by atoms with E-state index in [0.29, 0.717) is 11.4 Å². The summed E-state index contributed by atoms with van der Waals surface area (Å²) in [5.41, 5.74) is 13.7. The molecule has 0 saturated carbocycles. The Morgan fingerprint density at radius 3 is 2.58 bits per heavy atom. The van der Waals surface area contributed by atoms with E-state index in [1.54, 1.807) is 13.0 Å². The van der Waals surface area contributed by atoms with Crippen molar-refractivity contribution in [1.82, 2.24) is 0 Å². The third-order valence-electron chi connectivity index (χ3n) is 3.43. The van der Waals surface area contributed by atoms with Crippen molar-refractivity contribution in [2.75, 3.05) is 16.8 Å². The topological polar surface area (TPSA) is 84.3 Å². The summed E-state index contributed by atoms with van der Waals surface area (Å²) >= 11 is 0. The van der Waals surface area contributed by atoms with Gasteiger partial charge in [-0.15, -0.1) is 0 Å². The molecule has 0 radical (unpaired) electrons. The number of nitrogens with two attached hydrogens (primary N) is 2. The molecule has 0 heterocycles. The maximum Gasteiger partial charge on any atom is 0.0783 e. The molecule has 0 unspecified atom stereocenters. The van der Waals surface area contributed by atoms with Gasteiger partial charge in [0.05, 0.1) is 29.2 Å². The van der Waals surface area contributed by atoms with Crippen molar-refractivity contribution in [3.05, 3.63) is 18.2 Å². The second kappa shape index (κ2) is 7.89. The third kappa shape index (κ3) is 4.99. The normalized spacial score (nSPS) is 14.1. The largest absolute Gasteiger partial charge is 0.397 e. The Labute approximate surface area is 116 Å². The van der Waals surface area contributed by atoms with Crippen molar-refractivity contribution >= 4 is 17.1 Å². The Bertz CT molecular complexity index is 380. The van der Waals surface area contributed by atoms with Gasteiger partial charge in [0.25, 0.3) is 0 Å². The van der Waals surface area contributed by atoms with Crippen molar-refractivity contribution in [1.29, 1.82) is 0 Å². The molecule has 4 heteroatoms. The zero-order chi connectivity index (χ0) is 14.3. The van der Waals surface area contributed by atoms with Gasteiger partial charge >= 0.3 is 0 Å². The van der Waals surface area contributed by atoms with Gasteiger partial charge in [0, 0.05) is 0 Å². The number of para-hydroxylation sites is 1. The van der Waals surface area contributed by atoms with Gasteiger partial charge in [-0.25, -0.2) is 0 Å². The molecular weight excluding hydrogens is 238 g/mol. The summed E-state index contributed by atoms with van der Waals surface area (Å²) < 4.78 is 0. The fraction of sp³-hybridized carbons (Fsp3) is 0.600. The van der Waals surface area contributed by atoms with E-state index < -0.39 is 6.10 Å². The molecule has 0 fully saturated rings. The highest BCUT2D eigenvalue weighted by molar-refractivity contribution is 5.78. The molecule has 0 aliphatic carbocycles. The number of aliphatic hydroxyl groups excluding tert-OH is 1. The molecule has 0 bridgehead atoms. The number of hydrogen-bond donors (Lipinski definition) is 4. The van der Waals surface area contributed by atoms with E-state index >= 15 is 0 Å². The number of unbranched alkanes of at least 4 members (excludes halogenated alkanes) is 3. The second-order valence-corrected chi connectivity index (χ2v) is 5.15. The number of nitrogens with one attached hydrogen (secondary N) is 1. The van der Waals surface area contributed by atoms with E-state index in [-0.39, 0.29) is 6.04 Å². The van der Waals surface area contributed by atoms with Gasteiger partial charge in [0.15, 0.2) is 0 Å². The minimum absolute atomic E-state index is 0.0148. The fourth-order valence-corrected chi connectivity index (χ4v) is 2.13. The highest BCUT2D eigenvalue weighted by atomic mass is 16.3. The molecule has 108 valence electrons. The van der Waals surface area contributed by atoms with Crippen molar-refractivity contribution in [3.63, 3.8) is 0 Å². The monoisotopic (exact) mass is 265 g/mol.